The molecule has 15 heavy (non-hydrogen) atoms. The molecule has 2 rings (SSSR count). The second-order valence-electron chi connectivity index (χ2n) is 3.54. The van der Waals surface area contributed by atoms with Gasteiger partial charge in [-0.2, -0.15) is 12.7 Å². The van der Waals surface area contributed by atoms with Gasteiger partial charge in [0.1, 0.15) is 12.4 Å². The maximum Gasteiger partial charge on any atom is 0.380 e. The largest absolute Gasteiger partial charge is 0.380 e. The van der Waals surface area contributed by atoms with Crippen LogP contribution < -0.4 is 4.57 Å². The molecule has 0 radical (unpaired) electrons. The van der Waals surface area contributed by atoms with Crippen molar-refractivity contribution >= 4 is 10.2 Å². The van der Waals surface area contributed by atoms with Crippen LogP contribution in [0, 0.1) is 0 Å². The molecule has 0 saturated carbocycles. The third-order valence-corrected chi connectivity index (χ3v) is 3.81. The van der Waals surface area contributed by atoms with Gasteiger partial charge in [0.25, 0.3) is 12.2 Å². The van der Waals surface area contributed by atoms with Crippen molar-refractivity contribution < 1.29 is 21.8 Å². The maximum absolute atomic E-state index is 12.5. The molecule has 0 unspecified atom stereocenters. The lowest BCUT2D eigenvalue weighted by Crippen LogP contribution is -2.59. The molecule has 0 spiro atoms. The summed E-state index contributed by atoms with van der Waals surface area (Å²) >= 11 is 0. The summed E-state index contributed by atoms with van der Waals surface area (Å²) in [5, 5.41) is 0. The highest BCUT2D eigenvalue weighted by Gasteiger charge is 2.51. The lowest BCUT2D eigenvalue weighted by atomic mass is 10.2. The molecule has 1 saturated heterocycles. The number of halogens is 2. The molecular weight excluding hydrogens is 228 g/mol. The van der Waals surface area contributed by atoms with Gasteiger partial charge in [0.15, 0.2) is 0 Å². The second-order valence-corrected chi connectivity index (χ2v) is 5.37. The average molecular weight is 238 g/mol. The van der Waals surface area contributed by atoms with Crippen molar-refractivity contribution in [1.82, 2.24) is 8.28 Å². The molecule has 8 heteroatoms. The smallest absolute Gasteiger partial charge is 0.238 e. The van der Waals surface area contributed by atoms with Gasteiger partial charge in [-0.3, -0.25) is 0 Å². The van der Waals surface area contributed by atoms with Crippen LogP contribution in [0.2, 0.25) is 0 Å². The van der Waals surface area contributed by atoms with Crippen molar-refractivity contribution in [2.45, 2.75) is 5.92 Å². The van der Waals surface area contributed by atoms with Crippen LogP contribution in [0.25, 0.3) is 0 Å². The van der Waals surface area contributed by atoms with E-state index in [4.69, 9.17) is 0 Å². The fraction of sp³-hybridized carbons (Fsp3) is 0.571. The van der Waals surface area contributed by atoms with Crippen LogP contribution in [-0.2, 0) is 17.3 Å². The molecule has 2 heterocycles. The zero-order valence-corrected chi connectivity index (χ0v) is 8.79. The first kappa shape index (κ1) is 10.5. The molecule has 0 atom stereocenters. The Kier molecular flexibility index (Phi) is 2.09. The number of hydrogen-bond donors (Lipinski definition) is 0. The zero-order chi connectivity index (χ0) is 11.3. The minimum Gasteiger partial charge on any atom is -0.238 e. The molecule has 0 bridgehead atoms. The Bertz CT molecular complexity index is 474. The first-order valence-electron chi connectivity index (χ1n) is 4.23. The van der Waals surface area contributed by atoms with Crippen LogP contribution in [0.15, 0.2) is 18.7 Å². The Labute approximate surface area is 85.7 Å². The van der Waals surface area contributed by atoms with Crippen molar-refractivity contribution in [3.63, 3.8) is 0 Å². The van der Waals surface area contributed by atoms with Crippen molar-refractivity contribution in [1.29, 1.82) is 0 Å². The highest BCUT2D eigenvalue weighted by Crippen LogP contribution is 2.29. The van der Waals surface area contributed by atoms with Gasteiger partial charge in [-0.05, 0) is 0 Å². The Balaban J connectivity index is 2.23. The van der Waals surface area contributed by atoms with Gasteiger partial charge in [-0.1, -0.05) is 0 Å². The molecule has 0 aromatic carbocycles. The van der Waals surface area contributed by atoms with Crippen LogP contribution in [0.1, 0.15) is 0 Å². The van der Waals surface area contributed by atoms with E-state index in [-0.39, 0.29) is 0 Å². The van der Waals surface area contributed by atoms with Gasteiger partial charge in [-0.15, -0.1) is 3.97 Å². The predicted molar refractivity (Wildman–Crippen MR) is 46.4 cm³/mol. The highest BCUT2D eigenvalue weighted by atomic mass is 32.2. The molecule has 1 aromatic heterocycles. The van der Waals surface area contributed by atoms with E-state index in [0.717, 1.165) is 8.28 Å². The third kappa shape index (κ3) is 1.74. The standard InChI is InChI=1S/C7H10F2N3O2S/c1-10-2-3-11(6-10)15(13,14)12-4-7(8,9)5-12/h2-3,6H,4-5H2,1H3/q+1. The summed E-state index contributed by atoms with van der Waals surface area (Å²) in [6.07, 6.45) is 4.15. The number of alkyl halides is 2. The number of hydrogen-bond acceptors (Lipinski definition) is 2. The Morgan fingerprint density at radius 2 is 2.00 bits per heavy atom. The minimum atomic E-state index is -3.80. The van der Waals surface area contributed by atoms with Gasteiger partial charge in [-0.25, -0.2) is 13.3 Å². The highest BCUT2D eigenvalue weighted by molar-refractivity contribution is 7.87. The Hall–Kier alpha value is -1.02. The van der Waals surface area contributed by atoms with Crippen molar-refractivity contribution in [2.75, 3.05) is 13.1 Å². The number of nitrogens with zero attached hydrogens (tertiary/aromatic N) is 3. The fourth-order valence-electron chi connectivity index (χ4n) is 1.33. The SMILES string of the molecule is C[n+]1ccn(S(=O)(=O)N2CC(F)(F)C2)c1. The summed E-state index contributed by atoms with van der Waals surface area (Å²) in [6.45, 7) is -1.48. The molecule has 5 nitrogen and oxygen atoms in total. The lowest BCUT2D eigenvalue weighted by Gasteiger charge is -2.35. The van der Waals surface area contributed by atoms with Gasteiger partial charge >= 0.3 is 10.2 Å². The quantitative estimate of drug-likeness (QED) is 0.643. The number of rotatable bonds is 2. The van der Waals surface area contributed by atoms with E-state index in [1.54, 1.807) is 7.05 Å². The average Bonchev–Trinajstić information content (AvgIpc) is 2.48. The molecule has 1 fully saturated rings. The lowest BCUT2D eigenvalue weighted by molar-refractivity contribution is -0.670. The zero-order valence-electron chi connectivity index (χ0n) is 7.97. The molecule has 1 aliphatic heterocycles. The number of aromatic nitrogens is 2. The van der Waals surface area contributed by atoms with E-state index in [1.165, 1.54) is 23.3 Å². The van der Waals surface area contributed by atoms with Crippen molar-refractivity contribution in [2.24, 2.45) is 7.05 Å². The van der Waals surface area contributed by atoms with E-state index in [2.05, 4.69) is 0 Å². The van der Waals surface area contributed by atoms with Crippen LogP contribution in [-0.4, -0.2) is 35.7 Å². The Morgan fingerprint density at radius 1 is 1.40 bits per heavy atom. The van der Waals surface area contributed by atoms with Crippen LogP contribution in [0.4, 0.5) is 8.78 Å². The van der Waals surface area contributed by atoms with Gasteiger partial charge < -0.3 is 0 Å². The summed E-state index contributed by atoms with van der Waals surface area (Å²) in [4.78, 5) is 0. The van der Waals surface area contributed by atoms with Gasteiger partial charge in [0, 0.05) is 0 Å². The second kappa shape index (κ2) is 2.99. The topological polar surface area (TPSA) is 46.2 Å². The molecule has 0 N–H and O–H groups in total. The summed E-state index contributed by atoms with van der Waals surface area (Å²) in [7, 11) is -2.15. The van der Waals surface area contributed by atoms with E-state index >= 15 is 0 Å². The summed E-state index contributed by atoms with van der Waals surface area (Å²) in [6, 6.07) is 0. The normalized spacial score (nSPS) is 21.3. The third-order valence-electron chi connectivity index (χ3n) is 2.15. The van der Waals surface area contributed by atoms with Crippen LogP contribution in [0.5, 0.6) is 0 Å². The molecular formula is C7H10F2N3O2S+. The van der Waals surface area contributed by atoms with E-state index in [0.29, 0.717) is 0 Å². The fourth-order valence-corrected chi connectivity index (χ4v) is 2.78. The van der Waals surface area contributed by atoms with Crippen molar-refractivity contribution in [3.05, 3.63) is 18.7 Å². The van der Waals surface area contributed by atoms with Crippen LogP contribution in [0.3, 0.4) is 0 Å². The number of imidazole rings is 1. The monoisotopic (exact) mass is 238 g/mol. The summed E-state index contributed by atoms with van der Waals surface area (Å²) < 4.78 is 51.5. The Morgan fingerprint density at radius 3 is 2.40 bits per heavy atom. The van der Waals surface area contributed by atoms with Crippen LogP contribution >= 0.6 is 0 Å². The van der Waals surface area contributed by atoms with E-state index in [1.807, 2.05) is 0 Å². The molecule has 0 aliphatic carbocycles. The predicted octanol–water partition coefficient (Wildman–Crippen LogP) is -0.644. The summed E-state index contributed by atoms with van der Waals surface area (Å²) in [5.41, 5.74) is 0. The molecule has 1 aliphatic rings. The van der Waals surface area contributed by atoms with Crippen molar-refractivity contribution in [3.8, 4) is 0 Å². The summed E-state index contributed by atoms with van der Waals surface area (Å²) in [5.74, 6) is -2.89. The minimum absolute atomic E-state index is 0.739. The molecule has 84 valence electrons. The van der Waals surface area contributed by atoms with E-state index in [9.17, 15) is 17.2 Å². The van der Waals surface area contributed by atoms with Gasteiger partial charge in [0.2, 0.25) is 0 Å². The number of aryl methyl sites for hydroxylation is 1. The maximum atomic E-state index is 12.5. The first-order chi connectivity index (χ1) is 6.81. The van der Waals surface area contributed by atoms with Gasteiger partial charge in [0.05, 0.1) is 20.1 Å². The molecule has 1 aromatic rings. The molecule has 0 amide bonds. The van der Waals surface area contributed by atoms with E-state index < -0.39 is 29.2 Å². The first-order valence-corrected chi connectivity index (χ1v) is 5.63.